The molecule has 0 radical (unpaired) electrons. The van der Waals surface area contributed by atoms with Gasteiger partial charge in [-0.05, 0) is 37.6 Å². The number of aliphatic hydroxyl groups is 1. The van der Waals surface area contributed by atoms with Gasteiger partial charge in [0.15, 0.2) is 11.5 Å². The van der Waals surface area contributed by atoms with E-state index in [0.29, 0.717) is 12.3 Å². The van der Waals surface area contributed by atoms with Crippen LogP contribution in [0.25, 0.3) is 0 Å². The predicted octanol–water partition coefficient (Wildman–Crippen LogP) is 1.46. The third-order valence-electron chi connectivity index (χ3n) is 2.97. The summed E-state index contributed by atoms with van der Waals surface area (Å²) in [6, 6.07) is 5.52. The molecule has 0 spiro atoms. The van der Waals surface area contributed by atoms with Crippen LogP contribution in [0, 0.1) is 0 Å². The normalized spacial score (nSPS) is 14.6. The summed E-state index contributed by atoms with van der Waals surface area (Å²) in [7, 11) is 0. The van der Waals surface area contributed by atoms with E-state index in [1.54, 1.807) is 0 Å². The fourth-order valence-corrected chi connectivity index (χ4v) is 1.92. The maximum Gasteiger partial charge on any atom is 0.231 e. The van der Waals surface area contributed by atoms with E-state index in [1.807, 2.05) is 25.1 Å². The van der Waals surface area contributed by atoms with E-state index in [0.717, 1.165) is 37.5 Å². The van der Waals surface area contributed by atoms with Crippen LogP contribution in [-0.2, 0) is 4.74 Å². The number of aliphatic hydroxyl groups excluding tert-OH is 1. The molecule has 106 valence electrons. The van der Waals surface area contributed by atoms with Gasteiger partial charge in [-0.15, -0.1) is 0 Å². The van der Waals surface area contributed by atoms with Gasteiger partial charge in [0.05, 0.1) is 6.10 Å². The lowest BCUT2D eigenvalue weighted by atomic mass is 10.1. The molecule has 1 aliphatic rings. The molecule has 5 nitrogen and oxygen atoms in total. The zero-order valence-electron chi connectivity index (χ0n) is 11.2. The Morgan fingerprint density at radius 1 is 1.37 bits per heavy atom. The van der Waals surface area contributed by atoms with E-state index in [9.17, 15) is 5.11 Å². The van der Waals surface area contributed by atoms with Crippen LogP contribution in [-0.4, -0.2) is 38.2 Å². The van der Waals surface area contributed by atoms with Crippen molar-refractivity contribution in [1.82, 2.24) is 5.32 Å². The summed E-state index contributed by atoms with van der Waals surface area (Å²) in [5, 5.41) is 13.3. The number of hydrogen-bond acceptors (Lipinski definition) is 5. The van der Waals surface area contributed by atoms with Crippen LogP contribution in [0.2, 0.25) is 0 Å². The number of hydrogen-bond donors (Lipinski definition) is 2. The number of nitrogens with one attached hydrogen (secondary N) is 1. The van der Waals surface area contributed by atoms with Crippen molar-refractivity contribution in [3.63, 3.8) is 0 Å². The molecule has 0 aromatic heterocycles. The standard InChI is InChI=1S/C14H21NO4/c1-2-17-7-3-6-15-9-12(16)11-4-5-13-14(8-11)19-10-18-13/h4-5,8,12,15-16H,2-3,6-7,9-10H2,1H3. The molecule has 1 aromatic rings. The second-order valence-corrected chi connectivity index (χ2v) is 4.38. The molecule has 5 heteroatoms. The Bertz CT molecular complexity index is 397. The zero-order valence-corrected chi connectivity index (χ0v) is 11.2. The number of ether oxygens (including phenoxy) is 3. The van der Waals surface area contributed by atoms with Gasteiger partial charge in [-0.3, -0.25) is 0 Å². The lowest BCUT2D eigenvalue weighted by molar-refractivity contribution is 0.140. The summed E-state index contributed by atoms with van der Waals surface area (Å²) in [6.45, 7) is 5.10. The van der Waals surface area contributed by atoms with Crippen molar-refractivity contribution in [2.24, 2.45) is 0 Å². The molecular formula is C14H21NO4. The molecule has 1 aliphatic heterocycles. The lowest BCUT2D eigenvalue weighted by Gasteiger charge is -2.12. The van der Waals surface area contributed by atoms with E-state index >= 15 is 0 Å². The van der Waals surface area contributed by atoms with Crippen molar-refractivity contribution in [3.8, 4) is 11.5 Å². The van der Waals surface area contributed by atoms with E-state index in [2.05, 4.69) is 5.32 Å². The second-order valence-electron chi connectivity index (χ2n) is 4.38. The molecule has 0 amide bonds. The van der Waals surface area contributed by atoms with Gasteiger partial charge in [0.2, 0.25) is 6.79 Å². The number of rotatable bonds is 8. The molecule has 0 saturated carbocycles. The van der Waals surface area contributed by atoms with E-state index in [-0.39, 0.29) is 6.79 Å². The molecule has 1 unspecified atom stereocenters. The molecule has 0 saturated heterocycles. The van der Waals surface area contributed by atoms with Crippen LogP contribution >= 0.6 is 0 Å². The minimum Gasteiger partial charge on any atom is -0.454 e. The average Bonchev–Trinajstić information content (AvgIpc) is 2.89. The highest BCUT2D eigenvalue weighted by atomic mass is 16.7. The monoisotopic (exact) mass is 267 g/mol. The van der Waals surface area contributed by atoms with Crippen LogP contribution in [0.3, 0.4) is 0 Å². The minimum absolute atomic E-state index is 0.255. The molecule has 0 aliphatic carbocycles. The topological polar surface area (TPSA) is 60.0 Å². The second kappa shape index (κ2) is 7.33. The van der Waals surface area contributed by atoms with Gasteiger partial charge < -0.3 is 24.6 Å². The number of benzene rings is 1. The van der Waals surface area contributed by atoms with Gasteiger partial charge in [-0.1, -0.05) is 6.07 Å². The SMILES string of the molecule is CCOCCCNCC(O)c1ccc2c(c1)OCO2. The predicted molar refractivity (Wildman–Crippen MR) is 71.5 cm³/mol. The Morgan fingerprint density at radius 2 is 2.21 bits per heavy atom. The fraction of sp³-hybridized carbons (Fsp3) is 0.571. The van der Waals surface area contributed by atoms with Gasteiger partial charge in [0.1, 0.15) is 0 Å². The van der Waals surface area contributed by atoms with Crippen molar-refractivity contribution in [3.05, 3.63) is 23.8 Å². The summed E-state index contributed by atoms with van der Waals surface area (Å²) in [5.74, 6) is 1.44. The first kappa shape index (κ1) is 14.1. The van der Waals surface area contributed by atoms with Crippen molar-refractivity contribution < 1.29 is 19.3 Å². The minimum atomic E-state index is -0.540. The van der Waals surface area contributed by atoms with E-state index in [4.69, 9.17) is 14.2 Å². The van der Waals surface area contributed by atoms with Crippen LogP contribution in [0.1, 0.15) is 25.0 Å². The van der Waals surface area contributed by atoms with Crippen LogP contribution in [0.5, 0.6) is 11.5 Å². The fourth-order valence-electron chi connectivity index (χ4n) is 1.92. The van der Waals surface area contributed by atoms with Crippen molar-refractivity contribution in [1.29, 1.82) is 0 Å². The van der Waals surface area contributed by atoms with Crippen molar-refractivity contribution in [2.45, 2.75) is 19.4 Å². The Hall–Kier alpha value is -1.30. The first-order valence-corrected chi connectivity index (χ1v) is 6.67. The van der Waals surface area contributed by atoms with Gasteiger partial charge >= 0.3 is 0 Å². The highest BCUT2D eigenvalue weighted by molar-refractivity contribution is 5.45. The zero-order chi connectivity index (χ0) is 13.5. The Morgan fingerprint density at radius 3 is 3.05 bits per heavy atom. The van der Waals surface area contributed by atoms with Gasteiger partial charge in [-0.2, -0.15) is 0 Å². The first-order valence-electron chi connectivity index (χ1n) is 6.67. The molecule has 19 heavy (non-hydrogen) atoms. The highest BCUT2D eigenvalue weighted by Gasteiger charge is 2.16. The third kappa shape index (κ3) is 4.09. The molecule has 2 N–H and O–H groups in total. The number of fused-ring (bicyclic) bond motifs is 1. The average molecular weight is 267 g/mol. The molecule has 1 aromatic carbocycles. The van der Waals surface area contributed by atoms with Crippen LogP contribution < -0.4 is 14.8 Å². The van der Waals surface area contributed by atoms with Crippen LogP contribution in [0.15, 0.2) is 18.2 Å². The Kier molecular flexibility index (Phi) is 5.44. The maximum absolute atomic E-state index is 10.1. The van der Waals surface area contributed by atoms with E-state index < -0.39 is 6.10 Å². The van der Waals surface area contributed by atoms with E-state index in [1.165, 1.54) is 0 Å². The van der Waals surface area contributed by atoms with Crippen LogP contribution in [0.4, 0.5) is 0 Å². The Labute approximate surface area is 113 Å². The largest absolute Gasteiger partial charge is 0.454 e. The molecule has 0 fully saturated rings. The molecular weight excluding hydrogens is 246 g/mol. The summed E-state index contributed by atoms with van der Waals surface area (Å²) in [6.07, 6.45) is 0.406. The maximum atomic E-state index is 10.1. The molecule has 1 heterocycles. The van der Waals surface area contributed by atoms with Crippen molar-refractivity contribution in [2.75, 3.05) is 33.1 Å². The quantitative estimate of drug-likeness (QED) is 0.698. The Balaban J connectivity index is 1.72. The molecule has 2 rings (SSSR count). The first-order chi connectivity index (χ1) is 9.31. The third-order valence-corrected chi connectivity index (χ3v) is 2.97. The summed E-state index contributed by atoms with van der Waals surface area (Å²) in [5.41, 5.74) is 0.835. The summed E-state index contributed by atoms with van der Waals surface area (Å²) >= 11 is 0. The highest BCUT2D eigenvalue weighted by Crippen LogP contribution is 2.33. The van der Waals surface area contributed by atoms with Gasteiger partial charge in [0.25, 0.3) is 0 Å². The smallest absolute Gasteiger partial charge is 0.231 e. The van der Waals surface area contributed by atoms with Gasteiger partial charge in [-0.25, -0.2) is 0 Å². The van der Waals surface area contributed by atoms with Crippen molar-refractivity contribution >= 4 is 0 Å². The summed E-state index contributed by atoms with van der Waals surface area (Å²) < 4.78 is 15.8. The lowest BCUT2D eigenvalue weighted by Crippen LogP contribution is -2.23. The molecule has 0 bridgehead atoms. The van der Waals surface area contributed by atoms with Gasteiger partial charge in [0, 0.05) is 19.8 Å². The molecule has 1 atom stereocenters. The summed E-state index contributed by atoms with van der Waals surface area (Å²) in [4.78, 5) is 0.